The third-order valence-corrected chi connectivity index (χ3v) is 6.77. The minimum absolute atomic E-state index is 0.141. The lowest BCUT2D eigenvalue weighted by Crippen LogP contribution is -2.54. The van der Waals surface area contributed by atoms with E-state index in [1.807, 2.05) is 57.5 Å². The van der Waals surface area contributed by atoms with Gasteiger partial charge in [0, 0.05) is 19.5 Å². The third kappa shape index (κ3) is 5.46. The third-order valence-electron chi connectivity index (χ3n) is 5.54. The second-order valence-electron chi connectivity index (χ2n) is 9.01. The van der Waals surface area contributed by atoms with E-state index in [-0.39, 0.29) is 30.2 Å². The standard InChI is InChI=1S/C22H30N4O3S2/c1-13-18(31-12-24-13)15-7-5-14(6-8-15)10-23-20(28)17-9-16(27)11-26(17)21(29)19(25-30)22(2,3)4/h5-8,12,16-17,19,25,27,30H,9-11H2,1-4H3,(H,23,28)/t16-,17?,19-/m1/s1. The number of carbonyl (C=O) groups is 2. The van der Waals surface area contributed by atoms with Gasteiger partial charge in [0.2, 0.25) is 11.8 Å². The van der Waals surface area contributed by atoms with E-state index in [0.717, 1.165) is 21.7 Å². The second-order valence-corrected chi connectivity index (χ2v) is 10.1. The summed E-state index contributed by atoms with van der Waals surface area (Å²) in [6.07, 6.45) is -0.493. The summed E-state index contributed by atoms with van der Waals surface area (Å²) in [7, 11) is 0. The largest absolute Gasteiger partial charge is 0.391 e. The van der Waals surface area contributed by atoms with Crippen molar-refractivity contribution in [3.63, 3.8) is 0 Å². The Bertz CT molecular complexity index is 924. The van der Waals surface area contributed by atoms with E-state index in [4.69, 9.17) is 0 Å². The van der Waals surface area contributed by atoms with Gasteiger partial charge >= 0.3 is 0 Å². The van der Waals surface area contributed by atoms with Gasteiger partial charge in [-0.3, -0.25) is 14.3 Å². The summed E-state index contributed by atoms with van der Waals surface area (Å²) in [5, 5.41) is 13.1. The van der Waals surface area contributed by atoms with Crippen LogP contribution in [0.5, 0.6) is 0 Å². The molecular formula is C22H30N4O3S2. The molecule has 0 saturated carbocycles. The van der Waals surface area contributed by atoms with Crippen molar-refractivity contribution in [3.8, 4) is 10.4 Å². The summed E-state index contributed by atoms with van der Waals surface area (Å²) in [6, 6.07) is 6.71. The van der Waals surface area contributed by atoms with Gasteiger partial charge in [-0.1, -0.05) is 57.9 Å². The molecule has 1 fully saturated rings. The van der Waals surface area contributed by atoms with Crippen LogP contribution in [0.3, 0.4) is 0 Å². The fourth-order valence-electron chi connectivity index (χ4n) is 3.75. The first kappa shape index (κ1) is 23.7. The fraction of sp³-hybridized carbons (Fsp3) is 0.500. The Balaban J connectivity index is 1.65. The van der Waals surface area contributed by atoms with Crippen molar-refractivity contribution in [3.05, 3.63) is 41.0 Å². The van der Waals surface area contributed by atoms with Crippen LogP contribution in [0, 0.1) is 12.3 Å². The second kappa shape index (κ2) is 9.68. The molecular weight excluding hydrogens is 432 g/mol. The topological polar surface area (TPSA) is 94.6 Å². The molecule has 168 valence electrons. The summed E-state index contributed by atoms with van der Waals surface area (Å²) in [4.78, 5) is 32.8. The van der Waals surface area contributed by atoms with Crippen LogP contribution in [0.4, 0.5) is 0 Å². The van der Waals surface area contributed by atoms with E-state index >= 15 is 0 Å². The van der Waals surface area contributed by atoms with Gasteiger partial charge < -0.3 is 15.3 Å². The molecule has 1 aliphatic rings. The average molecular weight is 463 g/mol. The van der Waals surface area contributed by atoms with Crippen molar-refractivity contribution < 1.29 is 14.7 Å². The van der Waals surface area contributed by atoms with Gasteiger partial charge in [-0.05, 0) is 23.5 Å². The number of rotatable bonds is 6. The molecule has 2 amide bonds. The zero-order chi connectivity index (χ0) is 22.8. The van der Waals surface area contributed by atoms with Crippen molar-refractivity contribution in [2.75, 3.05) is 6.54 Å². The van der Waals surface area contributed by atoms with Crippen LogP contribution in [0.2, 0.25) is 0 Å². The lowest BCUT2D eigenvalue weighted by atomic mass is 9.86. The predicted molar refractivity (Wildman–Crippen MR) is 126 cm³/mol. The number of aliphatic hydroxyl groups is 1. The maximum Gasteiger partial charge on any atom is 0.243 e. The molecule has 1 aromatic heterocycles. The Labute approximate surface area is 192 Å². The van der Waals surface area contributed by atoms with Crippen molar-refractivity contribution in [1.82, 2.24) is 19.9 Å². The van der Waals surface area contributed by atoms with Crippen LogP contribution in [0.15, 0.2) is 29.8 Å². The highest BCUT2D eigenvalue weighted by Gasteiger charge is 2.43. The molecule has 2 heterocycles. The summed E-state index contributed by atoms with van der Waals surface area (Å²) < 4.78 is 2.76. The van der Waals surface area contributed by atoms with Gasteiger partial charge in [-0.25, -0.2) is 4.98 Å². The van der Waals surface area contributed by atoms with Crippen LogP contribution in [0.25, 0.3) is 10.4 Å². The summed E-state index contributed by atoms with van der Waals surface area (Å²) in [5.41, 5.74) is 4.50. The number of thiazole rings is 1. The molecule has 0 aliphatic carbocycles. The van der Waals surface area contributed by atoms with Crippen molar-refractivity contribution in [2.24, 2.45) is 5.41 Å². The number of carbonyl (C=O) groups excluding carboxylic acids is 2. The Hall–Kier alpha value is -1.94. The molecule has 3 N–H and O–H groups in total. The molecule has 31 heavy (non-hydrogen) atoms. The number of nitrogens with zero attached hydrogens (tertiary/aromatic N) is 2. The van der Waals surface area contributed by atoms with E-state index in [2.05, 4.69) is 27.8 Å². The molecule has 0 spiro atoms. The normalized spacial score (nSPS) is 20.0. The SMILES string of the molecule is Cc1ncsc1-c1ccc(CNC(=O)C2C[C@@H](O)CN2C(=O)[C@@H](NS)C(C)(C)C)cc1. The van der Waals surface area contributed by atoms with E-state index in [0.29, 0.717) is 6.54 Å². The van der Waals surface area contributed by atoms with E-state index in [9.17, 15) is 14.7 Å². The minimum Gasteiger partial charge on any atom is -0.391 e. The van der Waals surface area contributed by atoms with Gasteiger partial charge in [-0.15, -0.1) is 11.3 Å². The smallest absolute Gasteiger partial charge is 0.243 e. The quantitative estimate of drug-likeness (QED) is 0.495. The lowest BCUT2D eigenvalue weighted by Gasteiger charge is -2.34. The first-order chi connectivity index (χ1) is 14.6. The van der Waals surface area contributed by atoms with Crippen molar-refractivity contribution >= 4 is 36.0 Å². The maximum atomic E-state index is 13.1. The molecule has 1 unspecified atom stereocenters. The zero-order valence-corrected chi connectivity index (χ0v) is 20.0. The van der Waals surface area contributed by atoms with Crippen LogP contribution in [-0.2, 0) is 16.1 Å². The number of amides is 2. The van der Waals surface area contributed by atoms with Gasteiger partial charge in [0.05, 0.1) is 22.2 Å². The summed E-state index contributed by atoms with van der Waals surface area (Å²) >= 11 is 5.71. The number of β-amino-alcohol motifs (C(OH)–C–C–N with tert-alkyl or cyclic N) is 1. The molecule has 9 heteroatoms. The monoisotopic (exact) mass is 462 g/mol. The number of hydrogen-bond acceptors (Lipinski definition) is 7. The Morgan fingerprint density at radius 3 is 2.55 bits per heavy atom. The minimum atomic E-state index is -0.720. The first-order valence-corrected chi connectivity index (χ1v) is 11.6. The lowest BCUT2D eigenvalue weighted by molar-refractivity contribution is -0.141. The number of thiol groups is 1. The molecule has 2 aromatic rings. The average Bonchev–Trinajstić information content (AvgIpc) is 3.31. The molecule has 7 nitrogen and oxygen atoms in total. The molecule has 0 bridgehead atoms. The molecule has 1 aliphatic heterocycles. The molecule has 0 radical (unpaired) electrons. The number of aryl methyl sites for hydroxylation is 1. The number of benzene rings is 1. The number of aliphatic hydroxyl groups excluding tert-OH is 1. The summed E-state index contributed by atoms with van der Waals surface area (Å²) in [5.74, 6) is -0.498. The highest BCUT2D eigenvalue weighted by atomic mass is 32.1. The number of nitrogens with one attached hydrogen (secondary N) is 2. The molecule has 3 rings (SSSR count). The van der Waals surface area contributed by atoms with Crippen molar-refractivity contribution in [1.29, 1.82) is 0 Å². The number of hydrogen-bond donors (Lipinski definition) is 4. The summed E-state index contributed by atoms with van der Waals surface area (Å²) in [6.45, 7) is 8.26. The first-order valence-electron chi connectivity index (χ1n) is 10.3. The van der Waals surface area contributed by atoms with Crippen LogP contribution < -0.4 is 10.0 Å². The fourth-order valence-corrected chi connectivity index (χ4v) is 5.06. The zero-order valence-electron chi connectivity index (χ0n) is 18.3. The van der Waals surface area contributed by atoms with E-state index in [1.165, 1.54) is 4.90 Å². The Morgan fingerprint density at radius 2 is 2.00 bits per heavy atom. The molecule has 1 aromatic carbocycles. The van der Waals surface area contributed by atoms with Crippen LogP contribution in [0.1, 0.15) is 38.4 Å². The Kier molecular flexibility index (Phi) is 7.41. The van der Waals surface area contributed by atoms with E-state index < -0.39 is 18.2 Å². The van der Waals surface area contributed by atoms with E-state index in [1.54, 1.807) is 11.3 Å². The van der Waals surface area contributed by atoms with Gasteiger partial charge in [0.25, 0.3) is 0 Å². The highest BCUT2D eigenvalue weighted by molar-refractivity contribution is 7.78. The molecule has 3 atom stereocenters. The van der Waals surface area contributed by atoms with Gasteiger partial charge in [0.1, 0.15) is 12.1 Å². The Morgan fingerprint density at radius 1 is 1.32 bits per heavy atom. The molecule has 1 saturated heterocycles. The number of likely N-dealkylation sites (tertiary alicyclic amines) is 1. The van der Waals surface area contributed by atoms with Crippen molar-refractivity contribution in [2.45, 2.75) is 58.8 Å². The predicted octanol–water partition coefficient (Wildman–Crippen LogP) is 2.55. The maximum absolute atomic E-state index is 13.1. The highest BCUT2D eigenvalue weighted by Crippen LogP contribution is 2.28. The van der Waals surface area contributed by atoms with Gasteiger partial charge in [0.15, 0.2) is 0 Å². The van der Waals surface area contributed by atoms with Crippen LogP contribution >= 0.6 is 24.2 Å². The number of aromatic nitrogens is 1. The van der Waals surface area contributed by atoms with Crippen LogP contribution in [-0.4, -0.2) is 51.5 Å². The van der Waals surface area contributed by atoms with Gasteiger partial charge in [-0.2, -0.15) is 0 Å².